The Labute approximate surface area is 207 Å². The van der Waals surface area contributed by atoms with Gasteiger partial charge < -0.3 is 19.3 Å². The summed E-state index contributed by atoms with van der Waals surface area (Å²) in [5.41, 5.74) is 1.67. The number of ether oxygens (including phenoxy) is 2. The van der Waals surface area contributed by atoms with Gasteiger partial charge in [-0.05, 0) is 47.8 Å². The number of amides is 1. The molecule has 2 fully saturated rings. The van der Waals surface area contributed by atoms with Gasteiger partial charge >= 0.3 is 0 Å². The van der Waals surface area contributed by atoms with Crippen molar-refractivity contribution in [1.82, 2.24) is 14.3 Å². The van der Waals surface area contributed by atoms with Crippen LogP contribution in [0.1, 0.15) is 57.8 Å². The van der Waals surface area contributed by atoms with Crippen molar-refractivity contribution >= 4 is 22.6 Å². The van der Waals surface area contributed by atoms with Gasteiger partial charge in [-0.15, -0.1) is 0 Å². The third-order valence-electron chi connectivity index (χ3n) is 7.12. The van der Waals surface area contributed by atoms with Crippen LogP contribution in [0.3, 0.4) is 0 Å². The molecule has 1 amide bonds. The normalized spacial score (nSPS) is 23.2. The van der Waals surface area contributed by atoms with Crippen molar-refractivity contribution in [2.45, 2.75) is 58.9 Å². The van der Waals surface area contributed by atoms with E-state index in [1.165, 1.54) is 18.0 Å². The predicted octanol–water partition coefficient (Wildman–Crippen LogP) is 4.41. The first-order valence-electron chi connectivity index (χ1n) is 12.2. The Bertz CT molecular complexity index is 994. The van der Waals surface area contributed by atoms with Crippen LogP contribution in [-0.4, -0.2) is 66.7 Å². The first-order chi connectivity index (χ1) is 16.2. The molecule has 2 unspecified atom stereocenters. The van der Waals surface area contributed by atoms with E-state index in [-0.39, 0.29) is 11.3 Å². The number of aromatic nitrogens is 2. The maximum Gasteiger partial charge on any atom is 0.224 e. The Kier molecular flexibility index (Phi) is 7.48. The lowest BCUT2D eigenvalue weighted by Gasteiger charge is -2.39. The zero-order chi connectivity index (χ0) is 24.3. The Morgan fingerprint density at radius 1 is 1.24 bits per heavy atom. The number of anilines is 1. The van der Waals surface area contributed by atoms with E-state index >= 15 is 0 Å². The van der Waals surface area contributed by atoms with Crippen LogP contribution in [0, 0.1) is 10.8 Å². The van der Waals surface area contributed by atoms with Crippen molar-refractivity contribution in [3.8, 4) is 5.75 Å². The van der Waals surface area contributed by atoms with Gasteiger partial charge in [0.25, 0.3) is 0 Å². The Morgan fingerprint density at radius 2 is 2.06 bits per heavy atom. The quantitative estimate of drug-likeness (QED) is 0.496. The van der Waals surface area contributed by atoms with Crippen LogP contribution in [0.5, 0.6) is 5.75 Å². The minimum atomic E-state index is 0.256. The number of rotatable bonds is 10. The van der Waals surface area contributed by atoms with Crippen LogP contribution < -0.4 is 9.64 Å². The Balaban J connectivity index is 1.39. The second-order valence-corrected chi connectivity index (χ2v) is 11.7. The number of carbonyl (C=O) groups excluding carboxylic acids is 1. The molecule has 0 N–H and O–H groups in total. The van der Waals surface area contributed by atoms with Crippen LogP contribution in [-0.2, 0) is 16.0 Å². The van der Waals surface area contributed by atoms with Gasteiger partial charge in [-0.2, -0.15) is 4.37 Å². The molecular weight excluding hydrogens is 448 g/mol. The summed E-state index contributed by atoms with van der Waals surface area (Å²) in [7, 11) is 3.37. The van der Waals surface area contributed by atoms with Crippen LogP contribution in [0.25, 0.3) is 0 Å². The molecular formula is C26H38N4O3S. The molecule has 186 valence electrons. The molecule has 2 heterocycles. The molecule has 2 aromatic rings. The van der Waals surface area contributed by atoms with E-state index in [2.05, 4.69) is 41.0 Å². The summed E-state index contributed by atoms with van der Waals surface area (Å²) in [4.78, 5) is 22.4. The van der Waals surface area contributed by atoms with Crippen LogP contribution >= 0.6 is 11.5 Å². The molecule has 4 rings (SSSR count). The zero-order valence-corrected chi connectivity index (χ0v) is 22.0. The van der Waals surface area contributed by atoms with Crippen molar-refractivity contribution in [1.29, 1.82) is 0 Å². The topological polar surface area (TPSA) is 67.8 Å². The molecule has 2 bridgehead atoms. The van der Waals surface area contributed by atoms with Crippen molar-refractivity contribution in [2.75, 3.05) is 45.4 Å². The monoisotopic (exact) mass is 486 g/mol. The first-order valence-corrected chi connectivity index (χ1v) is 13.0. The molecule has 1 aliphatic heterocycles. The highest BCUT2D eigenvalue weighted by atomic mass is 32.1. The Morgan fingerprint density at radius 3 is 2.82 bits per heavy atom. The number of hydrogen-bond donors (Lipinski definition) is 0. The molecule has 1 aliphatic carbocycles. The second-order valence-electron chi connectivity index (χ2n) is 11.0. The minimum absolute atomic E-state index is 0.256. The van der Waals surface area contributed by atoms with E-state index in [0.717, 1.165) is 41.7 Å². The number of nitrogens with zero attached hydrogens (tertiary/aromatic N) is 4. The van der Waals surface area contributed by atoms with Crippen molar-refractivity contribution < 1.29 is 14.3 Å². The molecule has 1 saturated carbocycles. The molecule has 1 saturated heterocycles. The van der Waals surface area contributed by atoms with Gasteiger partial charge in [0.05, 0.1) is 13.7 Å². The number of fused-ring (bicyclic) bond motifs is 2. The van der Waals surface area contributed by atoms with E-state index in [4.69, 9.17) is 14.5 Å². The van der Waals surface area contributed by atoms with Gasteiger partial charge in [-0.25, -0.2) is 4.98 Å². The molecule has 34 heavy (non-hydrogen) atoms. The van der Waals surface area contributed by atoms with E-state index in [1.54, 1.807) is 14.2 Å². The summed E-state index contributed by atoms with van der Waals surface area (Å²) >= 11 is 1.39. The van der Waals surface area contributed by atoms with E-state index < -0.39 is 0 Å². The van der Waals surface area contributed by atoms with E-state index in [0.29, 0.717) is 44.0 Å². The van der Waals surface area contributed by atoms with Crippen molar-refractivity contribution in [2.24, 2.45) is 10.8 Å². The molecule has 0 radical (unpaired) electrons. The van der Waals surface area contributed by atoms with Gasteiger partial charge in [-0.3, -0.25) is 4.79 Å². The number of methoxy groups -OCH3 is 2. The number of hydrogen-bond acceptors (Lipinski definition) is 7. The number of benzene rings is 1. The number of likely N-dealkylation sites (tertiary alicyclic amines) is 1. The summed E-state index contributed by atoms with van der Waals surface area (Å²) in [6, 6.07) is 8.36. The fourth-order valence-corrected chi connectivity index (χ4v) is 6.78. The molecule has 1 aromatic heterocycles. The highest BCUT2D eigenvalue weighted by Crippen LogP contribution is 2.52. The molecule has 2 atom stereocenters. The number of carbonyl (C=O) groups is 1. The van der Waals surface area contributed by atoms with Gasteiger partial charge in [0, 0.05) is 57.2 Å². The maximum atomic E-state index is 13.3. The molecule has 8 heteroatoms. The molecule has 0 spiro atoms. The van der Waals surface area contributed by atoms with Gasteiger partial charge in [0.2, 0.25) is 11.0 Å². The smallest absolute Gasteiger partial charge is 0.224 e. The average molecular weight is 487 g/mol. The van der Waals surface area contributed by atoms with Crippen LogP contribution in [0.15, 0.2) is 24.3 Å². The zero-order valence-electron chi connectivity index (χ0n) is 21.2. The van der Waals surface area contributed by atoms with Gasteiger partial charge in [-0.1, -0.05) is 32.9 Å². The minimum Gasteiger partial charge on any atom is -0.497 e. The lowest BCUT2D eigenvalue weighted by atomic mass is 9.65. The van der Waals surface area contributed by atoms with Crippen LogP contribution in [0.4, 0.5) is 5.13 Å². The SMILES string of the molecule is COCCN(CCC(=O)N1CC2(C)CC1CC(C)(C)C2)c1nc(Cc2cccc(OC)c2)ns1. The standard InChI is InChI=1S/C26H38N4O3S/c1-25(2)15-20-16-26(3,17-25)18-30(20)23(31)9-10-29(11-12-32-4)24-27-22(28-34-24)14-19-7-6-8-21(13-19)33-5/h6-8,13,20H,9-12,14-18H2,1-5H3. The summed E-state index contributed by atoms with van der Waals surface area (Å²) in [5.74, 6) is 1.87. The lowest BCUT2D eigenvalue weighted by molar-refractivity contribution is -0.132. The van der Waals surface area contributed by atoms with Gasteiger partial charge in [0.1, 0.15) is 11.6 Å². The van der Waals surface area contributed by atoms with Crippen LogP contribution in [0.2, 0.25) is 0 Å². The fourth-order valence-electron chi connectivity index (χ4n) is 6.04. The highest BCUT2D eigenvalue weighted by molar-refractivity contribution is 7.09. The highest BCUT2D eigenvalue weighted by Gasteiger charge is 2.50. The molecule has 1 aromatic carbocycles. The third kappa shape index (κ3) is 5.89. The van der Waals surface area contributed by atoms with E-state index in [1.807, 2.05) is 18.2 Å². The largest absolute Gasteiger partial charge is 0.497 e. The predicted molar refractivity (Wildman–Crippen MR) is 136 cm³/mol. The van der Waals surface area contributed by atoms with Crippen molar-refractivity contribution in [3.63, 3.8) is 0 Å². The Hall–Kier alpha value is -2.19. The molecule has 7 nitrogen and oxygen atoms in total. The average Bonchev–Trinajstić information content (AvgIpc) is 3.34. The van der Waals surface area contributed by atoms with Crippen molar-refractivity contribution in [3.05, 3.63) is 35.7 Å². The van der Waals surface area contributed by atoms with E-state index in [9.17, 15) is 4.79 Å². The summed E-state index contributed by atoms with van der Waals surface area (Å²) in [5, 5.41) is 0.844. The lowest BCUT2D eigenvalue weighted by Crippen LogP contribution is -2.39. The third-order valence-corrected chi connectivity index (χ3v) is 7.94. The second kappa shape index (κ2) is 10.2. The fraction of sp³-hybridized carbons (Fsp3) is 0.654. The first kappa shape index (κ1) is 24.9. The van der Waals surface area contributed by atoms with Gasteiger partial charge in [0.15, 0.2) is 0 Å². The summed E-state index contributed by atoms with van der Waals surface area (Å²) in [6.45, 7) is 9.82. The summed E-state index contributed by atoms with van der Waals surface area (Å²) < 4.78 is 15.2. The summed E-state index contributed by atoms with van der Waals surface area (Å²) in [6.07, 6.45) is 4.57. The maximum absolute atomic E-state index is 13.3. The molecule has 2 aliphatic rings.